The third kappa shape index (κ3) is 6.08. The van der Waals surface area contributed by atoms with Gasteiger partial charge in [0.15, 0.2) is 5.65 Å². The van der Waals surface area contributed by atoms with Gasteiger partial charge >= 0.3 is 6.03 Å². The van der Waals surface area contributed by atoms with Gasteiger partial charge in [0.05, 0.1) is 16.4 Å². The lowest BCUT2D eigenvalue weighted by Gasteiger charge is -2.14. The molecule has 0 aliphatic rings. The number of fused-ring (bicyclic) bond motifs is 1. The van der Waals surface area contributed by atoms with Crippen LogP contribution >= 0.6 is 27.5 Å². The van der Waals surface area contributed by atoms with Crippen molar-refractivity contribution in [2.75, 3.05) is 10.6 Å². The van der Waals surface area contributed by atoms with Gasteiger partial charge in [-0.25, -0.2) is 9.78 Å². The molecule has 5 aromatic rings. The van der Waals surface area contributed by atoms with Gasteiger partial charge in [-0.1, -0.05) is 71.8 Å². The van der Waals surface area contributed by atoms with Crippen LogP contribution in [0.4, 0.5) is 16.3 Å². The van der Waals surface area contributed by atoms with Gasteiger partial charge in [-0.2, -0.15) is 9.61 Å². The summed E-state index contributed by atoms with van der Waals surface area (Å²) in [6.45, 7) is 7.06. The van der Waals surface area contributed by atoms with E-state index in [1.54, 1.807) is 10.7 Å². The van der Waals surface area contributed by atoms with Crippen LogP contribution in [0.5, 0.6) is 0 Å². The standard InChI is InChI=1S/C30H28BrClN6O/c1-18-12-19(2)28(20(3)13-18)37-30(39)34-16-22-10-8-21(9-11-22)15-33-27-14-26(23-6-4-5-7-25(23)32)36-29-24(31)17-35-38(27)29/h4-14,17,33H,15-16H2,1-3H3,(H2,34,37,39). The van der Waals surface area contributed by atoms with Crippen LogP contribution in [-0.4, -0.2) is 20.6 Å². The summed E-state index contributed by atoms with van der Waals surface area (Å²) in [6.07, 6.45) is 1.73. The van der Waals surface area contributed by atoms with Crippen molar-refractivity contribution in [3.8, 4) is 11.3 Å². The van der Waals surface area contributed by atoms with Crippen molar-refractivity contribution in [1.29, 1.82) is 0 Å². The second-order valence-electron chi connectivity index (χ2n) is 9.49. The van der Waals surface area contributed by atoms with Crippen LogP contribution in [0.1, 0.15) is 27.8 Å². The first-order chi connectivity index (χ1) is 18.8. The van der Waals surface area contributed by atoms with Crippen molar-refractivity contribution in [3.63, 3.8) is 0 Å². The van der Waals surface area contributed by atoms with Crippen LogP contribution < -0.4 is 16.0 Å². The molecule has 2 aromatic heterocycles. The maximum absolute atomic E-state index is 12.5. The van der Waals surface area contributed by atoms with Crippen LogP contribution in [-0.2, 0) is 13.1 Å². The van der Waals surface area contributed by atoms with Gasteiger partial charge in [0, 0.05) is 35.4 Å². The number of rotatable bonds is 7. The number of urea groups is 1. The van der Waals surface area contributed by atoms with Crippen molar-refractivity contribution < 1.29 is 4.79 Å². The number of carbonyl (C=O) groups excluding carboxylic acids is 1. The molecule has 0 fully saturated rings. The summed E-state index contributed by atoms with van der Waals surface area (Å²) in [5, 5.41) is 14.5. The average Bonchev–Trinajstić information content (AvgIpc) is 3.29. The van der Waals surface area contributed by atoms with Crippen molar-refractivity contribution in [3.05, 3.63) is 110 Å². The van der Waals surface area contributed by atoms with Crippen LogP contribution in [0.15, 0.2) is 77.4 Å². The van der Waals surface area contributed by atoms with E-state index in [0.29, 0.717) is 23.8 Å². The van der Waals surface area contributed by atoms with E-state index in [-0.39, 0.29) is 6.03 Å². The monoisotopic (exact) mass is 602 g/mol. The Labute approximate surface area is 240 Å². The molecule has 0 saturated heterocycles. The van der Waals surface area contributed by atoms with E-state index in [4.69, 9.17) is 16.6 Å². The summed E-state index contributed by atoms with van der Waals surface area (Å²) in [4.78, 5) is 17.3. The highest BCUT2D eigenvalue weighted by Crippen LogP contribution is 2.30. The highest BCUT2D eigenvalue weighted by atomic mass is 79.9. The molecule has 3 N–H and O–H groups in total. The highest BCUT2D eigenvalue weighted by molar-refractivity contribution is 9.10. The lowest BCUT2D eigenvalue weighted by Crippen LogP contribution is -2.28. The van der Waals surface area contributed by atoms with Gasteiger partial charge in [0.2, 0.25) is 0 Å². The van der Waals surface area contributed by atoms with Crippen LogP contribution in [0, 0.1) is 20.8 Å². The first-order valence-corrected chi connectivity index (χ1v) is 13.7. The van der Waals surface area contributed by atoms with Crippen molar-refractivity contribution in [1.82, 2.24) is 19.9 Å². The minimum absolute atomic E-state index is 0.225. The smallest absolute Gasteiger partial charge is 0.319 e. The van der Waals surface area contributed by atoms with Gasteiger partial charge < -0.3 is 16.0 Å². The zero-order chi connectivity index (χ0) is 27.5. The Balaban J connectivity index is 1.24. The first kappa shape index (κ1) is 26.7. The Kier molecular flexibility index (Phi) is 7.86. The van der Waals surface area contributed by atoms with Crippen LogP contribution in [0.2, 0.25) is 5.02 Å². The molecule has 7 nitrogen and oxygen atoms in total. The molecule has 5 rings (SSSR count). The van der Waals surface area contributed by atoms with E-state index < -0.39 is 0 Å². The summed E-state index contributed by atoms with van der Waals surface area (Å²) < 4.78 is 2.56. The Bertz CT molecular complexity index is 1640. The molecule has 0 aliphatic carbocycles. The van der Waals surface area contributed by atoms with E-state index in [1.165, 1.54) is 5.56 Å². The van der Waals surface area contributed by atoms with Gasteiger partial charge in [0.1, 0.15) is 5.82 Å². The molecule has 198 valence electrons. The number of carbonyl (C=O) groups is 1. The van der Waals surface area contributed by atoms with Crippen molar-refractivity contribution >= 4 is 50.7 Å². The largest absolute Gasteiger partial charge is 0.366 e. The molecule has 2 amide bonds. The fraction of sp³-hybridized carbons (Fsp3) is 0.167. The molecule has 2 heterocycles. The molecule has 0 spiro atoms. The number of halogens is 2. The number of nitrogens with one attached hydrogen (secondary N) is 3. The number of aryl methyl sites for hydroxylation is 3. The van der Waals surface area contributed by atoms with Crippen LogP contribution in [0.25, 0.3) is 16.9 Å². The van der Waals surface area contributed by atoms with E-state index in [2.05, 4.69) is 56.0 Å². The number of aromatic nitrogens is 3. The molecule has 9 heteroatoms. The summed E-state index contributed by atoms with van der Waals surface area (Å²) in [7, 11) is 0. The number of anilines is 2. The van der Waals surface area contributed by atoms with Gasteiger partial charge in [0.25, 0.3) is 0 Å². The van der Waals surface area contributed by atoms with Crippen molar-refractivity contribution in [2.24, 2.45) is 0 Å². The zero-order valence-corrected chi connectivity index (χ0v) is 24.2. The molecule has 0 saturated carbocycles. The topological polar surface area (TPSA) is 83.4 Å². The number of nitrogens with zero attached hydrogens (tertiary/aromatic N) is 3. The number of amides is 2. The average molecular weight is 604 g/mol. The third-order valence-corrected chi connectivity index (χ3v) is 7.33. The molecule has 0 atom stereocenters. The Morgan fingerprint density at radius 2 is 1.62 bits per heavy atom. The number of hydrogen-bond donors (Lipinski definition) is 3. The highest BCUT2D eigenvalue weighted by Gasteiger charge is 2.13. The quantitative estimate of drug-likeness (QED) is 0.178. The Morgan fingerprint density at radius 1 is 0.949 bits per heavy atom. The molecule has 0 unspecified atom stereocenters. The van der Waals surface area contributed by atoms with Crippen LogP contribution in [0.3, 0.4) is 0 Å². The normalized spacial score (nSPS) is 11.0. The second kappa shape index (κ2) is 11.5. The fourth-order valence-electron chi connectivity index (χ4n) is 4.55. The minimum atomic E-state index is -0.225. The third-order valence-electron chi connectivity index (χ3n) is 6.44. The molecule has 0 bridgehead atoms. The van der Waals surface area contributed by atoms with E-state index >= 15 is 0 Å². The Morgan fingerprint density at radius 3 is 2.31 bits per heavy atom. The maximum Gasteiger partial charge on any atom is 0.319 e. The maximum atomic E-state index is 12.5. The summed E-state index contributed by atoms with van der Waals surface area (Å²) in [6, 6.07) is 21.6. The van der Waals surface area contributed by atoms with Gasteiger partial charge in [-0.05, 0) is 65.0 Å². The zero-order valence-electron chi connectivity index (χ0n) is 21.8. The van der Waals surface area contributed by atoms with E-state index in [0.717, 1.165) is 49.5 Å². The van der Waals surface area contributed by atoms with Gasteiger partial charge in [-0.15, -0.1) is 0 Å². The SMILES string of the molecule is Cc1cc(C)c(NC(=O)NCc2ccc(CNc3cc(-c4ccccc4Cl)nc4c(Br)cnn34)cc2)c(C)c1. The predicted molar refractivity (Wildman–Crippen MR) is 161 cm³/mol. The fourth-order valence-corrected chi connectivity index (χ4v) is 5.13. The molecule has 3 aromatic carbocycles. The molecule has 0 aliphatic heterocycles. The van der Waals surface area contributed by atoms with Gasteiger partial charge in [-0.3, -0.25) is 0 Å². The van der Waals surface area contributed by atoms with E-state index in [9.17, 15) is 4.79 Å². The summed E-state index contributed by atoms with van der Waals surface area (Å²) in [5.74, 6) is 0.796. The Hall–Kier alpha value is -3.88. The molecule has 0 radical (unpaired) electrons. The minimum Gasteiger partial charge on any atom is -0.366 e. The molecular weight excluding hydrogens is 576 g/mol. The lowest BCUT2D eigenvalue weighted by molar-refractivity contribution is 0.251. The second-order valence-corrected chi connectivity index (χ2v) is 10.7. The summed E-state index contributed by atoms with van der Waals surface area (Å²) >= 11 is 9.99. The lowest BCUT2D eigenvalue weighted by atomic mass is 10.1. The predicted octanol–water partition coefficient (Wildman–Crippen LogP) is 7.67. The number of hydrogen-bond acceptors (Lipinski definition) is 4. The van der Waals surface area contributed by atoms with E-state index in [1.807, 2.05) is 68.4 Å². The van der Waals surface area contributed by atoms with Crippen molar-refractivity contribution in [2.45, 2.75) is 33.9 Å². The summed E-state index contributed by atoms with van der Waals surface area (Å²) in [5.41, 5.74) is 8.53. The number of benzene rings is 3. The first-order valence-electron chi connectivity index (χ1n) is 12.5. The molecular formula is C30H28BrClN6O. The molecule has 39 heavy (non-hydrogen) atoms.